The molecule has 29 heteroatoms. The van der Waals surface area contributed by atoms with E-state index >= 15 is 0 Å². The first kappa shape index (κ1) is 90.9. The van der Waals surface area contributed by atoms with E-state index < -0.39 is 52.0 Å². The van der Waals surface area contributed by atoms with Crippen LogP contribution in [0.25, 0.3) is 0 Å². The summed E-state index contributed by atoms with van der Waals surface area (Å²) in [6.45, 7) is 1.04. The lowest BCUT2D eigenvalue weighted by atomic mass is 9.66. The molecular formula is C99H83BrCl8F2N8O10. The Hall–Kier alpha value is -10.5. The molecule has 0 aromatic heterocycles. The van der Waals surface area contributed by atoms with Crippen LogP contribution in [-0.2, 0) is 22.0 Å². The van der Waals surface area contributed by atoms with Crippen molar-refractivity contribution in [3.05, 3.63) is 364 Å². The summed E-state index contributed by atoms with van der Waals surface area (Å²) in [4.78, 5) is 80.2. The second kappa shape index (κ2) is 36.5. The minimum absolute atomic E-state index is 0.0221. The molecule has 8 aliphatic rings. The number of amides is 9. The summed E-state index contributed by atoms with van der Waals surface area (Å²) < 4.78 is 31.6. The molecule has 3 unspecified atom stereocenters. The maximum Gasteiger partial charge on any atom is 0.387 e. The van der Waals surface area contributed by atoms with E-state index in [0.717, 1.165) is 41.4 Å². The number of halogens is 11. The van der Waals surface area contributed by atoms with Gasteiger partial charge in [0, 0.05) is 101 Å². The Labute approximate surface area is 787 Å². The third kappa shape index (κ3) is 16.1. The standard InChI is InChI=1S/C25H20Cl2F2N2O3.C25H22Cl2N2O2.C24H20Cl2N2O3.C18H14Cl2N2O2.C7H7Br/c26-17-5-9-19(10-6-17)30-23(32)31(20-11-7-18(27)8-12-20)25(33,24(30)13-2-14-24)16-3-1-4-21(15-16)34-22(28)29;1-17-4-2-5-18(16-17)25(31)24(14-3-15-24)28(21-10-6-19(26)7-11-21)23(30)29(25)22-12-8-20(27)9-13-22;25-17-5-9-19(10-6-17)27-22(30)28(20-11-7-18(26)8-12-20)24(31,23(27)13-2-14-23)16-3-1-4-21(29)15-16;19-12-2-6-14(7-3-12)21-16(23)18(10-1-11-18)22(17(21)24)15-8-4-13(20)5-9-15;1-6-3-2-4-7(8)5-6/h1,3-12,15,22,33H,2,13-14H2;2,4-13,16,31H,3,14-15H2,1H3;1,3-12,15,29,31H,2,13-14H2;2-9H,1,10-11H2;2-5H,1H3. The van der Waals surface area contributed by atoms with Gasteiger partial charge in [-0.05, 0) is 321 Å². The zero-order valence-corrected chi connectivity index (χ0v) is 76.4. The minimum atomic E-state index is -3.02. The lowest BCUT2D eigenvalue weighted by molar-refractivity contribution is -0.123. The second-order valence-electron chi connectivity index (χ2n) is 32.6. The predicted molar refractivity (Wildman–Crippen MR) is 507 cm³/mol. The largest absolute Gasteiger partial charge is 0.508 e. The number of alkyl halides is 2. The van der Waals surface area contributed by atoms with Gasteiger partial charge in [0.2, 0.25) is 0 Å². The van der Waals surface area contributed by atoms with E-state index in [1.54, 1.807) is 226 Å². The van der Waals surface area contributed by atoms with Gasteiger partial charge in [0.15, 0.2) is 17.2 Å². The lowest BCUT2D eigenvalue weighted by Gasteiger charge is -2.52. The normalized spacial score (nSPS) is 20.5. The highest BCUT2D eigenvalue weighted by atomic mass is 79.9. The van der Waals surface area contributed by atoms with Crippen LogP contribution in [0.2, 0.25) is 40.2 Å². The van der Waals surface area contributed by atoms with Crippen LogP contribution in [0.4, 0.5) is 73.5 Å². The minimum Gasteiger partial charge on any atom is -0.508 e. The molecule has 12 aromatic carbocycles. The SMILES string of the molecule is Cc1cccc(Br)c1.Cc1cccc(C2(O)N(c3ccc(Cl)cc3)C(=O)N(c3ccc(Cl)cc3)C23CCC3)c1.O=C1N(c2ccc(Cl)cc2)C(=O)C2(CCC2)N1c1ccc(Cl)cc1.O=C1N(c2ccc(Cl)cc2)C2(CCC2)C(O)(c2cccc(O)c2)N1c1ccc(Cl)cc1.O=C1N(c2ccc(Cl)cc2)C2(CCC2)C(O)(c2cccc(OC(F)F)c2)N1c1ccc(Cl)cc1. The molecule has 4 saturated heterocycles. The fourth-order valence-corrected chi connectivity index (χ4v) is 20.3. The lowest BCUT2D eigenvalue weighted by Crippen LogP contribution is -2.63. The number of nitrogens with zero attached hydrogens (tertiary/aromatic N) is 8. The zero-order valence-electron chi connectivity index (χ0n) is 68.7. The molecule has 12 aromatic rings. The van der Waals surface area contributed by atoms with Gasteiger partial charge in [-0.15, -0.1) is 0 Å². The number of anilines is 8. The monoisotopic (exact) mass is 1940 g/mol. The van der Waals surface area contributed by atoms with Gasteiger partial charge < -0.3 is 25.2 Å². The van der Waals surface area contributed by atoms with Gasteiger partial charge >= 0.3 is 30.7 Å². The number of aliphatic hydroxyl groups is 3. The van der Waals surface area contributed by atoms with Crippen molar-refractivity contribution in [1.29, 1.82) is 0 Å². The van der Waals surface area contributed by atoms with Gasteiger partial charge in [-0.3, -0.25) is 39.1 Å². The second-order valence-corrected chi connectivity index (χ2v) is 37.0. The van der Waals surface area contributed by atoms with Gasteiger partial charge in [-0.2, -0.15) is 8.78 Å². The van der Waals surface area contributed by atoms with E-state index in [1.165, 1.54) is 49.4 Å². The highest BCUT2D eigenvalue weighted by molar-refractivity contribution is 9.10. The molecule has 18 nitrogen and oxygen atoms in total. The molecule has 4 heterocycles. The summed E-state index contributed by atoms with van der Waals surface area (Å²) in [6, 6.07) is 82.1. The van der Waals surface area contributed by atoms with Crippen LogP contribution >= 0.6 is 109 Å². The molecule has 3 atom stereocenters. The first-order valence-electron chi connectivity index (χ1n) is 41.3. The Morgan fingerprint density at radius 3 is 0.867 bits per heavy atom. The molecule has 4 N–H and O–H groups in total. The van der Waals surface area contributed by atoms with Crippen LogP contribution < -0.4 is 43.9 Å². The van der Waals surface area contributed by atoms with Crippen LogP contribution in [0.15, 0.2) is 296 Å². The summed E-state index contributed by atoms with van der Waals surface area (Å²) in [6.07, 6.45) is 8.45. The summed E-state index contributed by atoms with van der Waals surface area (Å²) in [5, 5.41) is 51.9. The molecule has 20 rings (SSSR count). The zero-order chi connectivity index (χ0) is 90.6. The van der Waals surface area contributed by atoms with E-state index in [0.29, 0.717) is 142 Å². The highest BCUT2D eigenvalue weighted by Gasteiger charge is 2.74. The molecule has 0 bridgehead atoms. The molecule has 9 amide bonds. The molecule has 8 fully saturated rings. The van der Waals surface area contributed by atoms with Crippen molar-refractivity contribution in [3.8, 4) is 11.5 Å². The summed E-state index contributed by atoms with van der Waals surface area (Å²) >= 11 is 51.7. The van der Waals surface area contributed by atoms with Gasteiger partial charge in [0.05, 0.1) is 5.69 Å². The van der Waals surface area contributed by atoms with Crippen molar-refractivity contribution in [2.75, 3.05) is 39.2 Å². The number of hydrogen-bond donors (Lipinski definition) is 4. The molecule has 4 aliphatic heterocycles. The average molecular weight is 1950 g/mol. The molecule has 4 spiro atoms. The van der Waals surface area contributed by atoms with Crippen molar-refractivity contribution >= 4 is 184 Å². The van der Waals surface area contributed by atoms with Crippen LogP contribution in [0.3, 0.4) is 0 Å². The van der Waals surface area contributed by atoms with Crippen LogP contribution in [-0.4, -0.2) is 79.2 Å². The number of rotatable bonds is 13. The van der Waals surface area contributed by atoms with E-state index in [9.17, 15) is 53.2 Å². The number of carbonyl (C=O) groups excluding carboxylic acids is 5. The maximum atomic E-state index is 14.0. The summed E-state index contributed by atoms with van der Waals surface area (Å²) in [7, 11) is 0. The average Bonchev–Trinajstić information content (AvgIpc) is 1.52. The van der Waals surface area contributed by atoms with E-state index in [2.05, 4.69) is 39.7 Å². The van der Waals surface area contributed by atoms with Crippen LogP contribution in [0.5, 0.6) is 11.5 Å². The van der Waals surface area contributed by atoms with E-state index in [-0.39, 0.29) is 41.1 Å². The van der Waals surface area contributed by atoms with Crippen molar-refractivity contribution < 1.29 is 57.9 Å². The topological polar surface area (TPSA) is 201 Å². The van der Waals surface area contributed by atoms with Gasteiger partial charge in [-0.1, -0.05) is 181 Å². The number of carbonyl (C=O) groups is 5. The number of hydrogen-bond acceptors (Lipinski definition) is 10. The van der Waals surface area contributed by atoms with Crippen LogP contribution in [0, 0.1) is 13.8 Å². The third-order valence-electron chi connectivity index (χ3n) is 25.3. The molecule has 4 aliphatic carbocycles. The number of ether oxygens (including phenoxy) is 1. The Kier molecular flexibility index (Phi) is 25.9. The van der Waals surface area contributed by atoms with Crippen LogP contribution in [0.1, 0.15) is 105 Å². The predicted octanol–water partition coefficient (Wildman–Crippen LogP) is 26.9. The Morgan fingerprint density at radius 1 is 0.320 bits per heavy atom. The summed E-state index contributed by atoms with van der Waals surface area (Å²) in [5.74, 6) is -0.256. The maximum absolute atomic E-state index is 14.0. The highest BCUT2D eigenvalue weighted by Crippen LogP contribution is 2.63. The van der Waals surface area contributed by atoms with Crippen molar-refractivity contribution in [2.24, 2.45) is 0 Å². The summed E-state index contributed by atoms with van der Waals surface area (Å²) in [5.41, 5.74) is -0.174. The number of aromatic hydroxyl groups is 1. The fourth-order valence-electron chi connectivity index (χ4n) is 18.8. The van der Waals surface area contributed by atoms with E-state index in [1.807, 2.05) is 55.5 Å². The molecule has 0 radical (unpaired) electrons. The fraction of sp³-hybridized carbons (Fsp3) is 0.222. The molecule has 656 valence electrons. The van der Waals surface area contributed by atoms with Crippen molar-refractivity contribution in [3.63, 3.8) is 0 Å². The smallest absolute Gasteiger partial charge is 0.387 e. The Morgan fingerprint density at radius 2 is 0.594 bits per heavy atom. The number of phenolic OH excluding ortho intramolecular Hbond substituents is 1. The number of imide groups is 1. The van der Waals surface area contributed by atoms with E-state index in [4.69, 9.17) is 92.8 Å². The Balaban J connectivity index is 0.000000122. The molecule has 128 heavy (non-hydrogen) atoms. The van der Waals surface area contributed by atoms with Crippen molar-refractivity contribution in [2.45, 2.75) is 137 Å². The number of phenols is 1. The van der Waals surface area contributed by atoms with Gasteiger partial charge in [-0.25, -0.2) is 24.1 Å². The van der Waals surface area contributed by atoms with Gasteiger partial charge in [0.1, 0.15) is 33.7 Å². The molecular weight excluding hydrogens is 1860 g/mol. The first-order valence-corrected chi connectivity index (χ1v) is 45.1. The first-order chi connectivity index (χ1) is 61.3. The third-order valence-corrected chi connectivity index (χ3v) is 27.8. The van der Waals surface area contributed by atoms with Gasteiger partial charge in [0.25, 0.3) is 5.91 Å². The Bertz CT molecular complexity index is 5950. The number of urea groups is 4. The molecule has 4 saturated carbocycles. The quantitative estimate of drug-likeness (QED) is 0.0805. The number of aryl methyl sites for hydroxylation is 2. The van der Waals surface area contributed by atoms with Crippen molar-refractivity contribution in [1.82, 2.24) is 0 Å². The number of benzene rings is 12.